The highest BCUT2D eigenvalue weighted by molar-refractivity contribution is 7.22. The summed E-state index contributed by atoms with van der Waals surface area (Å²) in [5, 5.41) is 5.67. The first-order valence-corrected chi connectivity index (χ1v) is 12.4. The molecule has 0 N–H and O–H groups in total. The average molecular weight is 492 g/mol. The fraction of sp³-hybridized carbons (Fsp3) is 0.320. The van der Waals surface area contributed by atoms with Crippen LogP contribution in [0, 0.1) is 6.92 Å². The SMILES string of the molecule is COc1ccc(-n2nc(C)c3sc(N4CCCN(C(=O)c5ccc6c(c5)OCO6)CC4)nc32)cc1. The van der Waals surface area contributed by atoms with Gasteiger partial charge in [0.25, 0.3) is 5.91 Å². The van der Waals surface area contributed by atoms with Crippen LogP contribution in [0.1, 0.15) is 22.5 Å². The van der Waals surface area contributed by atoms with Crippen LogP contribution in [-0.2, 0) is 0 Å². The molecule has 2 aliphatic rings. The standard InChI is InChI=1S/C25H25N5O4S/c1-16-22-23(30(27-16)18-5-7-19(32-2)8-6-18)26-25(35-22)29-11-3-10-28(12-13-29)24(31)17-4-9-20-21(14-17)34-15-33-20/h4-9,14H,3,10-13,15H2,1-2H3. The lowest BCUT2D eigenvalue weighted by molar-refractivity contribution is 0.0766. The van der Waals surface area contributed by atoms with Gasteiger partial charge in [-0.05, 0) is 55.8 Å². The topological polar surface area (TPSA) is 82.0 Å². The largest absolute Gasteiger partial charge is 0.497 e. The normalized spacial score (nSPS) is 15.5. The number of amides is 1. The summed E-state index contributed by atoms with van der Waals surface area (Å²) in [4.78, 5) is 22.3. The van der Waals surface area contributed by atoms with Crippen LogP contribution in [0.5, 0.6) is 17.2 Å². The fourth-order valence-corrected chi connectivity index (χ4v) is 5.52. The molecule has 0 bridgehead atoms. The van der Waals surface area contributed by atoms with E-state index >= 15 is 0 Å². The number of anilines is 1. The lowest BCUT2D eigenvalue weighted by atomic mass is 10.1. The highest BCUT2D eigenvalue weighted by Gasteiger charge is 2.25. The first kappa shape index (κ1) is 21.7. The number of methoxy groups -OCH3 is 1. The van der Waals surface area contributed by atoms with Gasteiger partial charge in [-0.1, -0.05) is 11.3 Å². The van der Waals surface area contributed by atoms with Crippen LogP contribution in [0.2, 0.25) is 0 Å². The van der Waals surface area contributed by atoms with E-state index in [0.717, 1.165) is 52.1 Å². The van der Waals surface area contributed by atoms with Crippen molar-refractivity contribution in [2.45, 2.75) is 13.3 Å². The van der Waals surface area contributed by atoms with E-state index in [4.69, 9.17) is 24.3 Å². The van der Waals surface area contributed by atoms with Gasteiger partial charge in [0.1, 0.15) is 5.75 Å². The van der Waals surface area contributed by atoms with Crippen molar-refractivity contribution in [2.75, 3.05) is 45.0 Å². The molecule has 0 spiro atoms. The number of carbonyl (C=O) groups excluding carboxylic acids is 1. The Morgan fingerprint density at radius 2 is 1.86 bits per heavy atom. The van der Waals surface area contributed by atoms with Crippen molar-refractivity contribution < 1.29 is 19.0 Å². The summed E-state index contributed by atoms with van der Waals surface area (Å²) in [6.07, 6.45) is 0.871. The quantitative estimate of drug-likeness (QED) is 0.429. The number of ether oxygens (including phenoxy) is 3. The second kappa shape index (κ2) is 8.77. The summed E-state index contributed by atoms with van der Waals surface area (Å²) in [5.74, 6) is 2.13. The molecular weight excluding hydrogens is 466 g/mol. The first-order chi connectivity index (χ1) is 17.1. The van der Waals surface area contributed by atoms with Crippen LogP contribution < -0.4 is 19.1 Å². The molecule has 1 saturated heterocycles. The predicted molar refractivity (Wildman–Crippen MR) is 133 cm³/mol. The maximum Gasteiger partial charge on any atom is 0.254 e. The summed E-state index contributed by atoms with van der Waals surface area (Å²) >= 11 is 1.66. The van der Waals surface area contributed by atoms with E-state index in [2.05, 4.69) is 4.90 Å². The van der Waals surface area contributed by atoms with Gasteiger partial charge in [0.15, 0.2) is 22.3 Å². The van der Waals surface area contributed by atoms with Crippen molar-refractivity contribution in [1.29, 1.82) is 0 Å². The minimum atomic E-state index is 0.0143. The number of hydrogen-bond acceptors (Lipinski definition) is 8. The van der Waals surface area contributed by atoms with Crippen molar-refractivity contribution in [2.24, 2.45) is 0 Å². The van der Waals surface area contributed by atoms with E-state index in [0.29, 0.717) is 30.2 Å². The van der Waals surface area contributed by atoms with Gasteiger partial charge in [-0.2, -0.15) is 10.1 Å². The second-order valence-corrected chi connectivity index (χ2v) is 9.52. The highest BCUT2D eigenvalue weighted by atomic mass is 32.1. The number of carbonyl (C=O) groups is 1. The van der Waals surface area contributed by atoms with Crippen molar-refractivity contribution in [3.05, 3.63) is 53.7 Å². The molecule has 2 aromatic carbocycles. The molecule has 0 aliphatic carbocycles. The van der Waals surface area contributed by atoms with Crippen LogP contribution in [0.4, 0.5) is 5.13 Å². The summed E-state index contributed by atoms with van der Waals surface area (Å²) in [6.45, 7) is 5.11. The molecule has 9 nitrogen and oxygen atoms in total. The first-order valence-electron chi connectivity index (χ1n) is 11.5. The van der Waals surface area contributed by atoms with Crippen LogP contribution in [0.3, 0.4) is 0 Å². The zero-order chi connectivity index (χ0) is 23.9. The molecule has 4 heterocycles. The third kappa shape index (κ3) is 3.93. The Kier molecular flexibility index (Phi) is 5.44. The number of rotatable bonds is 4. The monoisotopic (exact) mass is 491 g/mol. The molecule has 0 unspecified atom stereocenters. The van der Waals surface area contributed by atoms with E-state index in [9.17, 15) is 4.79 Å². The van der Waals surface area contributed by atoms with E-state index in [1.165, 1.54) is 0 Å². The Bertz CT molecular complexity index is 1400. The Balaban J connectivity index is 1.21. The number of aromatic nitrogens is 3. The van der Waals surface area contributed by atoms with Crippen molar-refractivity contribution in [1.82, 2.24) is 19.7 Å². The Hall–Kier alpha value is -3.79. The lowest BCUT2D eigenvalue weighted by Gasteiger charge is -2.22. The summed E-state index contributed by atoms with van der Waals surface area (Å²) in [6, 6.07) is 13.2. The second-order valence-electron chi connectivity index (χ2n) is 8.55. The molecule has 0 atom stereocenters. The minimum absolute atomic E-state index is 0.0143. The van der Waals surface area contributed by atoms with Gasteiger partial charge in [-0.15, -0.1) is 0 Å². The van der Waals surface area contributed by atoms with E-state index in [1.54, 1.807) is 36.6 Å². The van der Waals surface area contributed by atoms with E-state index in [1.807, 2.05) is 40.8 Å². The third-order valence-corrected chi connectivity index (χ3v) is 7.58. The Morgan fingerprint density at radius 1 is 1.03 bits per heavy atom. The molecule has 10 heteroatoms. The maximum atomic E-state index is 13.2. The Morgan fingerprint density at radius 3 is 2.69 bits per heavy atom. The number of benzene rings is 2. The van der Waals surface area contributed by atoms with Crippen LogP contribution in [0.25, 0.3) is 16.0 Å². The highest BCUT2D eigenvalue weighted by Crippen LogP contribution is 2.34. The average Bonchev–Trinajstić information content (AvgIpc) is 3.55. The lowest BCUT2D eigenvalue weighted by Crippen LogP contribution is -2.35. The fourth-order valence-electron chi connectivity index (χ4n) is 4.49. The Labute approximate surface area is 206 Å². The van der Waals surface area contributed by atoms with Gasteiger partial charge in [0.05, 0.1) is 23.2 Å². The number of aryl methyl sites for hydroxylation is 1. The number of fused-ring (bicyclic) bond motifs is 2. The molecule has 1 amide bonds. The maximum absolute atomic E-state index is 13.2. The molecule has 1 fully saturated rings. The van der Waals surface area contributed by atoms with Crippen LogP contribution in [0.15, 0.2) is 42.5 Å². The molecule has 2 aromatic heterocycles. The van der Waals surface area contributed by atoms with Crippen molar-refractivity contribution in [3.63, 3.8) is 0 Å². The van der Waals surface area contributed by atoms with Crippen molar-refractivity contribution >= 4 is 32.7 Å². The zero-order valence-electron chi connectivity index (χ0n) is 19.6. The number of thiazole rings is 1. The molecule has 6 rings (SSSR count). The summed E-state index contributed by atoms with van der Waals surface area (Å²) in [7, 11) is 1.66. The van der Waals surface area contributed by atoms with Gasteiger partial charge in [0.2, 0.25) is 6.79 Å². The van der Waals surface area contributed by atoms with Gasteiger partial charge in [-0.3, -0.25) is 4.79 Å². The zero-order valence-corrected chi connectivity index (χ0v) is 20.4. The van der Waals surface area contributed by atoms with Crippen LogP contribution in [-0.4, -0.2) is 65.7 Å². The van der Waals surface area contributed by atoms with Crippen molar-refractivity contribution in [3.8, 4) is 22.9 Å². The summed E-state index contributed by atoms with van der Waals surface area (Å²) in [5.41, 5.74) is 3.37. The van der Waals surface area contributed by atoms with Crippen LogP contribution >= 0.6 is 11.3 Å². The van der Waals surface area contributed by atoms with Gasteiger partial charge < -0.3 is 24.0 Å². The minimum Gasteiger partial charge on any atom is -0.497 e. The summed E-state index contributed by atoms with van der Waals surface area (Å²) < 4.78 is 19.0. The third-order valence-electron chi connectivity index (χ3n) is 6.37. The predicted octanol–water partition coefficient (Wildman–Crippen LogP) is 3.88. The van der Waals surface area contributed by atoms with Gasteiger partial charge in [0, 0.05) is 31.7 Å². The molecule has 0 saturated carbocycles. The molecule has 180 valence electrons. The van der Waals surface area contributed by atoms with Gasteiger partial charge >= 0.3 is 0 Å². The van der Waals surface area contributed by atoms with E-state index < -0.39 is 0 Å². The molecule has 2 aliphatic heterocycles. The molecule has 35 heavy (non-hydrogen) atoms. The van der Waals surface area contributed by atoms with E-state index in [-0.39, 0.29) is 12.7 Å². The molecule has 4 aromatic rings. The number of nitrogens with zero attached hydrogens (tertiary/aromatic N) is 5. The smallest absolute Gasteiger partial charge is 0.254 e. The molecular formula is C25H25N5O4S. The number of hydrogen-bond donors (Lipinski definition) is 0. The molecule has 0 radical (unpaired) electrons. The van der Waals surface area contributed by atoms with Gasteiger partial charge in [-0.25, -0.2) is 4.68 Å².